The highest BCUT2D eigenvalue weighted by Crippen LogP contribution is 2.24. The molecule has 2 N–H and O–H groups in total. The molecule has 0 spiro atoms. The van der Waals surface area contributed by atoms with Gasteiger partial charge in [0.15, 0.2) is 17.5 Å². The van der Waals surface area contributed by atoms with E-state index in [0.717, 1.165) is 24.2 Å². The van der Waals surface area contributed by atoms with Crippen LogP contribution in [0.15, 0.2) is 18.3 Å². The molecule has 0 unspecified atom stereocenters. The number of H-pyrrole nitrogens is 1. The van der Waals surface area contributed by atoms with Crippen LogP contribution in [-0.4, -0.2) is 16.7 Å². The predicted molar refractivity (Wildman–Crippen MR) is 61.3 cm³/mol. The molecule has 0 radical (unpaired) electrons. The Bertz CT molecular complexity index is 528. The molecule has 1 aromatic heterocycles. The van der Waals surface area contributed by atoms with Crippen molar-refractivity contribution in [3.8, 4) is 11.3 Å². The topological polar surface area (TPSA) is 40.7 Å². The Morgan fingerprint density at radius 1 is 1.22 bits per heavy atom. The second-order valence-corrected chi connectivity index (χ2v) is 3.80. The van der Waals surface area contributed by atoms with Crippen molar-refractivity contribution in [2.45, 2.75) is 13.5 Å². The summed E-state index contributed by atoms with van der Waals surface area (Å²) in [6.07, 6.45) is 1.57. The average Bonchev–Trinajstić information content (AvgIpc) is 2.81. The maximum atomic E-state index is 13.2. The van der Waals surface area contributed by atoms with Gasteiger partial charge in [-0.3, -0.25) is 5.10 Å². The van der Waals surface area contributed by atoms with E-state index in [0.29, 0.717) is 12.2 Å². The van der Waals surface area contributed by atoms with Crippen molar-refractivity contribution in [1.82, 2.24) is 15.5 Å². The number of hydrogen-bond donors (Lipinski definition) is 2. The first-order valence-corrected chi connectivity index (χ1v) is 5.51. The molecule has 0 saturated carbocycles. The number of hydrogen-bond acceptors (Lipinski definition) is 2. The van der Waals surface area contributed by atoms with E-state index in [4.69, 9.17) is 0 Å². The second kappa shape index (κ2) is 5.22. The lowest BCUT2D eigenvalue weighted by Gasteiger charge is -2.05. The quantitative estimate of drug-likeness (QED) is 0.824. The number of aromatic nitrogens is 2. The van der Waals surface area contributed by atoms with Gasteiger partial charge < -0.3 is 5.32 Å². The molecule has 2 rings (SSSR count). The lowest BCUT2D eigenvalue weighted by atomic mass is 10.1. The summed E-state index contributed by atoms with van der Waals surface area (Å²) in [4.78, 5) is 0. The lowest BCUT2D eigenvalue weighted by molar-refractivity contribution is 0.447. The first-order chi connectivity index (χ1) is 8.63. The van der Waals surface area contributed by atoms with E-state index in [9.17, 15) is 13.2 Å². The summed E-state index contributed by atoms with van der Waals surface area (Å²) in [5.74, 6) is -3.89. The Morgan fingerprint density at radius 3 is 2.50 bits per heavy atom. The molecule has 0 bridgehead atoms. The molecule has 0 aliphatic carbocycles. The smallest absolute Gasteiger partial charge is 0.194 e. The maximum absolute atomic E-state index is 13.2. The molecule has 96 valence electrons. The van der Waals surface area contributed by atoms with Crippen molar-refractivity contribution in [2.24, 2.45) is 0 Å². The van der Waals surface area contributed by atoms with Crippen LogP contribution in [0.2, 0.25) is 0 Å². The third-order valence-corrected chi connectivity index (χ3v) is 2.56. The fraction of sp³-hybridized carbons (Fsp3) is 0.250. The Kier molecular flexibility index (Phi) is 3.66. The molecule has 0 fully saturated rings. The second-order valence-electron chi connectivity index (χ2n) is 3.80. The largest absolute Gasteiger partial charge is 0.313 e. The van der Waals surface area contributed by atoms with Gasteiger partial charge in [0.1, 0.15) is 0 Å². The normalized spacial score (nSPS) is 10.9. The van der Waals surface area contributed by atoms with E-state index in [1.54, 1.807) is 6.20 Å². The van der Waals surface area contributed by atoms with Gasteiger partial charge in [-0.2, -0.15) is 5.10 Å². The first-order valence-electron chi connectivity index (χ1n) is 5.51. The third-order valence-electron chi connectivity index (χ3n) is 2.56. The maximum Gasteiger partial charge on any atom is 0.194 e. The van der Waals surface area contributed by atoms with Crippen LogP contribution in [0.5, 0.6) is 0 Å². The van der Waals surface area contributed by atoms with Crippen LogP contribution in [0, 0.1) is 17.5 Å². The van der Waals surface area contributed by atoms with Gasteiger partial charge in [-0.05, 0) is 18.7 Å². The number of nitrogens with one attached hydrogen (secondary N) is 2. The molecular formula is C12H12F3N3. The minimum atomic E-state index is -1.47. The molecule has 0 saturated heterocycles. The summed E-state index contributed by atoms with van der Waals surface area (Å²) >= 11 is 0. The summed E-state index contributed by atoms with van der Waals surface area (Å²) in [5, 5.41) is 9.57. The summed E-state index contributed by atoms with van der Waals surface area (Å²) in [7, 11) is 0. The van der Waals surface area contributed by atoms with Crippen LogP contribution in [0.25, 0.3) is 11.3 Å². The minimum Gasteiger partial charge on any atom is -0.313 e. The minimum absolute atomic E-state index is 0.233. The number of aromatic amines is 1. The van der Waals surface area contributed by atoms with Crippen LogP contribution in [0.4, 0.5) is 13.2 Å². The van der Waals surface area contributed by atoms with Gasteiger partial charge >= 0.3 is 0 Å². The monoisotopic (exact) mass is 255 g/mol. The molecule has 0 amide bonds. The van der Waals surface area contributed by atoms with Gasteiger partial charge in [-0.25, -0.2) is 13.2 Å². The van der Waals surface area contributed by atoms with E-state index in [1.807, 2.05) is 6.92 Å². The summed E-state index contributed by atoms with van der Waals surface area (Å²) in [6, 6.07) is 1.89. The fourth-order valence-corrected chi connectivity index (χ4v) is 1.65. The fourth-order valence-electron chi connectivity index (χ4n) is 1.65. The SMILES string of the molecule is CCNCc1cn[nH]c1-c1cc(F)c(F)c(F)c1. The molecule has 3 nitrogen and oxygen atoms in total. The molecule has 6 heteroatoms. The Hall–Kier alpha value is -1.82. The van der Waals surface area contributed by atoms with E-state index >= 15 is 0 Å². The predicted octanol–water partition coefficient (Wildman–Crippen LogP) is 2.60. The highest BCUT2D eigenvalue weighted by atomic mass is 19.2. The van der Waals surface area contributed by atoms with Gasteiger partial charge in [0.25, 0.3) is 0 Å². The van der Waals surface area contributed by atoms with Crippen LogP contribution in [-0.2, 0) is 6.54 Å². The van der Waals surface area contributed by atoms with Gasteiger partial charge in [0, 0.05) is 17.7 Å². The van der Waals surface area contributed by atoms with Crippen molar-refractivity contribution < 1.29 is 13.2 Å². The average molecular weight is 255 g/mol. The number of nitrogens with zero attached hydrogens (tertiary/aromatic N) is 1. The van der Waals surface area contributed by atoms with Crippen LogP contribution < -0.4 is 5.32 Å². The zero-order valence-corrected chi connectivity index (χ0v) is 9.73. The van der Waals surface area contributed by atoms with Crippen LogP contribution in [0.1, 0.15) is 12.5 Å². The number of halogens is 3. The summed E-state index contributed by atoms with van der Waals surface area (Å²) < 4.78 is 39.2. The Morgan fingerprint density at radius 2 is 1.89 bits per heavy atom. The van der Waals surface area contributed by atoms with E-state index < -0.39 is 17.5 Å². The highest BCUT2D eigenvalue weighted by molar-refractivity contribution is 5.62. The Labute approximate surface area is 102 Å². The van der Waals surface area contributed by atoms with Gasteiger partial charge in [0.05, 0.1) is 11.9 Å². The highest BCUT2D eigenvalue weighted by Gasteiger charge is 2.14. The summed E-state index contributed by atoms with van der Waals surface area (Å²) in [6.45, 7) is 3.22. The summed E-state index contributed by atoms with van der Waals surface area (Å²) in [5.41, 5.74) is 1.48. The van der Waals surface area contributed by atoms with Crippen LogP contribution in [0.3, 0.4) is 0 Å². The van der Waals surface area contributed by atoms with E-state index in [-0.39, 0.29) is 5.56 Å². The van der Waals surface area contributed by atoms with Crippen molar-refractivity contribution >= 4 is 0 Å². The third kappa shape index (κ3) is 2.38. The van der Waals surface area contributed by atoms with Crippen molar-refractivity contribution in [2.75, 3.05) is 6.54 Å². The van der Waals surface area contributed by atoms with Crippen molar-refractivity contribution in [3.05, 3.63) is 41.3 Å². The van der Waals surface area contributed by atoms with Crippen molar-refractivity contribution in [1.29, 1.82) is 0 Å². The standard InChI is InChI=1S/C12H12F3N3/c1-2-16-5-8-6-17-18-12(8)7-3-9(13)11(15)10(14)4-7/h3-4,6,16H,2,5H2,1H3,(H,17,18). The molecule has 0 aliphatic rings. The zero-order valence-electron chi connectivity index (χ0n) is 9.73. The van der Waals surface area contributed by atoms with Crippen LogP contribution >= 0.6 is 0 Å². The molecule has 0 atom stereocenters. The molecule has 18 heavy (non-hydrogen) atoms. The molecule has 2 aromatic rings. The molecular weight excluding hydrogens is 243 g/mol. The molecule has 1 aromatic carbocycles. The van der Waals surface area contributed by atoms with Gasteiger partial charge in [-0.15, -0.1) is 0 Å². The van der Waals surface area contributed by atoms with Crippen molar-refractivity contribution in [3.63, 3.8) is 0 Å². The molecule has 1 heterocycles. The number of rotatable bonds is 4. The zero-order chi connectivity index (χ0) is 13.1. The van der Waals surface area contributed by atoms with Gasteiger partial charge in [0.2, 0.25) is 0 Å². The lowest BCUT2D eigenvalue weighted by Crippen LogP contribution is -2.11. The first kappa shape index (κ1) is 12.6. The Balaban J connectivity index is 2.40. The van der Waals surface area contributed by atoms with E-state index in [1.165, 1.54) is 0 Å². The van der Waals surface area contributed by atoms with Gasteiger partial charge in [-0.1, -0.05) is 6.92 Å². The molecule has 0 aliphatic heterocycles. The van der Waals surface area contributed by atoms with E-state index in [2.05, 4.69) is 15.5 Å². The number of benzene rings is 1.